The summed E-state index contributed by atoms with van der Waals surface area (Å²) in [5, 5.41) is 7.86. The molecule has 2 aliphatic heterocycles. The van der Waals surface area contributed by atoms with Crippen molar-refractivity contribution in [2.45, 2.75) is 58.0 Å². The molecule has 1 N–H and O–H groups in total. The van der Waals surface area contributed by atoms with Gasteiger partial charge in [-0.15, -0.1) is 0 Å². The molecule has 2 saturated heterocycles. The van der Waals surface area contributed by atoms with E-state index in [9.17, 15) is 14.4 Å². The first-order valence-corrected chi connectivity index (χ1v) is 11.5. The van der Waals surface area contributed by atoms with E-state index in [0.29, 0.717) is 38.2 Å². The summed E-state index contributed by atoms with van der Waals surface area (Å²) >= 11 is 0. The summed E-state index contributed by atoms with van der Waals surface area (Å²) in [5.41, 5.74) is 1.04. The van der Waals surface area contributed by atoms with E-state index in [1.165, 1.54) is 0 Å². The maximum absolute atomic E-state index is 12.4. The van der Waals surface area contributed by atoms with Crippen LogP contribution in [0.2, 0.25) is 0 Å². The standard InChI is InChI=1S/C24H32N4O5/c1-24(2,3)33-23(31)28-11-5-6-15(13-28)14-32-16-7-8-17-19(12-16)27(4)26-21(17)18-9-10-20(29)25-22(18)30/h7-8,12,15,18H,5-6,9-11,13-14H2,1-4H3,(H,25,29,30)/t15-,18?/m0/s1. The van der Waals surface area contributed by atoms with Crippen molar-refractivity contribution in [1.29, 1.82) is 0 Å². The van der Waals surface area contributed by atoms with Crippen LogP contribution in [0.1, 0.15) is 58.1 Å². The predicted molar refractivity (Wildman–Crippen MR) is 122 cm³/mol. The second-order valence-corrected chi connectivity index (χ2v) is 9.94. The molecule has 9 heteroatoms. The van der Waals surface area contributed by atoms with Gasteiger partial charge < -0.3 is 14.4 Å². The Morgan fingerprint density at radius 1 is 1.24 bits per heavy atom. The van der Waals surface area contributed by atoms with Gasteiger partial charge in [0, 0.05) is 43.9 Å². The molecule has 3 amide bonds. The molecular formula is C24H32N4O5. The molecule has 1 aromatic carbocycles. The first kappa shape index (κ1) is 23.1. The molecule has 178 valence electrons. The molecular weight excluding hydrogens is 424 g/mol. The third kappa shape index (κ3) is 5.29. The molecule has 0 bridgehead atoms. The molecule has 9 nitrogen and oxygen atoms in total. The number of hydrogen-bond acceptors (Lipinski definition) is 6. The van der Waals surface area contributed by atoms with E-state index in [-0.39, 0.29) is 23.8 Å². The van der Waals surface area contributed by atoms with Gasteiger partial charge in [-0.25, -0.2) is 4.79 Å². The summed E-state index contributed by atoms with van der Waals surface area (Å²) < 4.78 is 13.3. The van der Waals surface area contributed by atoms with Crippen LogP contribution < -0.4 is 10.1 Å². The van der Waals surface area contributed by atoms with Gasteiger partial charge in [0.1, 0.15) is 11.4 Å². The van der Waals surface area contributed by atoms with Gasteiger partial charge in [0.05, 0.1) is 23.7 Å². The van der Waals surface area contributed by atoms with E-state index < -0.39 is 11.5 Å². The molecule has 2 aromatic rings. The van der Waals surface area contributed by atoms with Crippen LogP contribution in [0.25, 0.3) is 10.9 Å². The number of likely N-dealkylation sites (tertiary alicyclic amines) is 1. The Balaban J connectivity index is 1.41. The van der Waals surface area contributed by atoms with Crippen LogP contribution >= 0.6 is 0 Å². The van der Waals surface area contributed by atoms with Gasteiger partial charge in [0.2, 0.25) is 11.8 Å². The number of carbonyl (C=O) groups excluding carboxylic acids is 3. The van der Waals surface area contributed by atoms with Crippen LogP contribution in [-0.4, -0.2) is 57.9 Å². The number of hydrogen-bond donors (Lipinski definition) is 1. The fourth-order valence-corrected chi connectivity index (χ4v) is 4.47. The van der Waals surface area contributed by atoms with E-state index in [0.717, 1.165) is 29.5 Å². The largest absolute Gasteiger partial charge is 0.493 e. The third-order valence-electron chi connectivity index (χ3n) is 6.08. The van der Waals surface area contributed by atoms with Crippen molar-refractivity contribution >= 4 is 28.8 Å². The number of fused-ring (bicyclic) bond motifs is 1. The van der Waals surface area contributed by atoms with Crippen LogP contribution in [0.4, 0.5) is 4.79 Å². The lowest BCUT2D eigenvalue weighted by atomic mass is 9.93. The van der Waals surface area contributed by atoms with E-state index >= 15 is 0 Å². The Kier molecular flexibility index (Phi) is 6.32. The Labute approximate surface area is 193 Å². The highest BCUT2D eigenvalue weighted by molar-refractivity contribution is 6.02. The molecule has 0 radical (unpaired) electrons. The number of aryl methyl sites for hydroxylation is 1. The lowest BCUT2D eigenvalue weighted by molar-refractivity contribution is -0.134. The number of nitrogens with one attached hydrogen (secondary N) is 1. The topological polar surface area (TPSA) is 103 Å². The van der Waals surface area contributed by atoms with Crippen molar-refractivity contribution < 1.29 is 23.9 Å². The fourth-order valence-electron chi connectivity index (χ4n) is 4.47. The van der Waals surface area contributed by atoms with Crippen LogP contribution in [0.5, 0.6) is 5.75 Å². The predicted octanol–water partition coefficient (Wildman–Crippen LogP) is 3.12. The van der Waals surface area contributed by atoms with Crippen LogP contribution in [-0.2, 0) is 21.4 Å². The summed E-state index contributed by atoms with van der Waals surface area (Å²) in [6.07, 6.45) is 2.42. The molecule has 4 rings (SSSR count). The monoisotopic (exact) mass is 456 g/mol. The quantitative estimate of drug-likeness (QED) is 0.709. The summed E-state index contributed by atoms with van der Waals surface area (Å²) in [6, 6.07) is 5.73. The highest BCUT2D eigenvalue weighted by atomic mass is 16.6. The van der Waals surface area contributed by atoms with Crippen molar-refractivity contribution in [3.05, 3.63) is 23.9 Å². The zero-order valence-corrected chi connectivity index (χ0v) is 19.7. The van der Waals surface area contributed by atoms with Gasteiger partial charge in [-0.1, -0.05) is 0 Å². The van der Waals surface area contributed by atoms with Crippen LogP contribution in [0.15, 0.2) is 18.2 Å². The smallest absolute Gasteiger partial charge is 0.410 e. The summed E-state index contributed by atoms with van der Waals surface area (Å²) in [7, 11) is 1.83. The molecule has 33 heavy (non-hydrogen) atoms. The van der Waals surface area contributed by atoms with Crippen molar-refractivity contribution in [2.24, 2.45) is 13.0 Å². The van der Waals surface area contributed by atoms with Crippen molar-refractivity contribution in [1.82, 2.24) is 20.0 Å². The van der Waals surface area contributed by atoms with Crippen molar-refractivity contribution in [3.63, 3.8) is 0 Å². The molecule has 0 saturated carbocycles. The number of ether oxygens (including phenoxy) is 2. The first-order valence-electron chi connectivity index (χ1n) is 11.5. The lowest BCUT2D eigenvalue weighted by Crippen LogP contribution is -2.44. The average Bonchev–Trinajstić information content (AvgIpc) is 3.07. The number of rotatable bonds is 4. The molecule has 1 aromatic heterocycles. The second-order valence-electron chi connectivity index (χ2n) is 9.94. The number of aromatic nitrogens is 2. The second kappa shape index (κ2) is 9.03. The molecule has 1 unspecified atom stereocenters. The molecule has 0 spiro atoms. The van der Waals surface area contributed by atoms with Gasteiger partial charge in [-0.3, -0.25) is 19.6 Å². The Bertz CT molecular complexity index is 1070. The minimum absolute atomic E-state index is 0.229. The number of nitrogens with zero attached hydrogens (tertiary/aromatic N) is 3. The summed E-state index contributed by atoms with van der Waals surface area (Å²) in [4.78, 5) is 38.0. The van der Waals surface area contributed by atoms with Gasteiger partial charge >= 0.3 is 6.09 Å². The van der Waals surface area contributed by atoms with E-state index in [1.54, 1.807) is 9.58 Å². The zero-order valence-electron chi connectivity index (χ0n) is 19.7. The number of amides is 3. The number of carbonyl (C=O) groups is 3. The number of benzene rings is 1. The van der Waals surface area contributed by atoms with Gasteiger partial charge in [-0.2, -0.15) is 5.10 Å². The van der Waals surface area contributed by atoms with Crippen LogP contribution in [0.3, 0.4) is 0 Å². The van der Waals surface area contributed by atoms with Gasteiger partial charge in [0.15, 0.2) is 0 Å². The molecule has 3 heterocycles. The maximum Gasteiger partial charge on any atom is 0.410 e. The van der Waals surface area contributed by atoms with Gasteiger partial charge in [-0.05, 0) is 52.2 Å². The SMILES string of the molecule is Cn1nc(C2CCC(=O)NC2=O)c2ccc(OC[C@H]3CCCN(C(=O)OC(C)(C)C)C3)cc21. The summed E-state index contributed by atoms with van der Waals surface area (Å²) in [6.45, 7) is 7.43. The van der Waals surface area contributed by atoms with Gasteiger partial charge in [0.25, 0.3) is 0 Å². The fraction of sp³-hybridized carbons (Fsp3) is 0.583. The van der Waals surface area contributed by atoms with Crippen molar-refractivity contribution in [3.8, 4) is 5.75 Å². The summed E-state index contributed by atoms with van der Waals surface area (Å²) in [5.74, 6) is -0.0139. The third-order valence-corrected chi connectivity index (χ3v) is 6.08. The van der Waals surface area contributed by atoms with E-state index in [1.807, 2.05) is 46.0 Å². The first-order chi connectivity index (χ1) is 15.6. The van der Waals surface area contributed by atoms with Crippen molar-refractivity contribution in [2.75, 3.05) is 19.7 Å². The molecule has 2 aliphatic rings. The highest BCUT2D eigenvalue weighted by Crippen LogP contribution is 2.32. The molecule has 2 atom stereocenters. The molecule has 2 fully saturated rings. The Hall–Kier alpha value is -3.10. The maximum atomic E-state index is 12.4. The minimum Gasteiger partial charge on any atom is -0.493 e. The van der Waals surface area contributed by atoms with E-state index in [4.69, 9.17) is 9.47 Å². The number of imide groups is 1. The highest BCUT2D eigenvalue weighted by Gasteiger charge is 2.32. The molecule has 0 aliphatic carbocycles. The number of piperidine rings is 2. The average molecular weight is 457 g/mol. The Morgan fingerprint density at radius 3 is 2.76 bits per heavy atom. The van der Waals surface area contributed by atoms with Crippen LogP contribution in [0, 0.1) is 5.92 Å². The Morgan fingerprint density at radius 2 is 2.03 bits per heavy atom. The lowest BCUT2D eigenvalue weighted by Gasteiger charge is -2.34. The van der Waals surface area contributed by atoms with E-state index in [2.05, 4.69) is 10.4 Å². The normalized spacial score (nSPS) is 21.8. The zero-order chi connectivity index (χ0) is 23.8. The minimum atomic E-state index is -0.508.